The zero-order valence-corrected chi connectivity index (χ0v) is 41.9. The molecule has 0 heterocycles. The van der Waals surface area contributed by atoms with Crippen molar-refractivity contribution < 1.29 is 43.0 Å². The third-order valence-corrected chi connectivity index (χ3v) is 11.8. The molecule has 0 aliphatic rings. The fourth-order valence-corrected chi connectivity index (χ4v) is 7.69. The third kappa shape index (κ3) is 49.3. The van der Waals surface area contributed by atoms with Crippen LogP contribution in [-0.2, 0) is 27.9 Å². The van der Waals surface area contributed by atoms with E-state index in [4.69, 9.17) is 23.6 Å². The second-order valence-corrected chi connectivity index (χ2v) is 18.6. The van der Waals surface area contributed by atoms with E-state index in [1.165, 1.54) is 116 Å². The third-order valence-electron chi connectivity index (χ3n) is 10.9. The molecule has 0 fully saturated rings. The molecule has 0 aliphatic heterocycles. The van der Waals surface area contributed by atoms with E-state index in [-0.39, 0.29) is 19.6 Å². The maximum atomic E-state index is 12.7. The number of ether oxygens (including phenoxy) is 2. The van der Waals surface area contributed by atoms with Gasteiger partial charge in [0.2, 0.25) is 0 Å². The zero-order valence-electron chi connectivity index (χ0n) is 41.0. The number of rotatable bonds is 49. The van der Waals surface area contributed by atoms with Gasteiger partial charge in [0.15, 0.2) is 0 Å². The van der Waals surface area contributed by atoms with Gasteiger partial charge in [0.25, 0.3) is 0 Å². The summed E-state index contributed by atoms with van der Waals surface area (Å²) in [6.45, 7) is 3.46. The van der Waals surface area contributed by atoms with Crippen molar-refractivity contribution in [3.05, 3.63) is 72.9 Å². The maximum absolute atomic E-state index is 12.7. The van der Waals surface area contributed by atoms with Crippen molar-refractivity contribution in [2.24, 2.45) is 0 Å². The predicted molar refractivity (Wildman–Crippen MR) is 269 cm³/mol. The summed E-state index contributed by atoms with van der Waals surface area (Å²) in [6.07, 6.45) is 61.5. The minimum absolute atomic E-state index is 0.0363. The van der Waals surface area contributed by atoms with Gasteiger partial charge >= 0.3 is 13.8 Å². The normalized spacial score (nSPS) is 14.4. The lowest BCUT2D eigenvalue weighted by atomic mass is 10.1. The summed E-state index contributed by atoms with van der Waals surface area (Å²) in [5, 5.41) is 18.4. The second-order valence-electron chi connectivity index (χ2n) is 17.2. The lowest BCUT2D eigenvalue weighted by Crippen LogP contribution is -2.29. The molecule has 0 saturated carbocycles. The molecule has 3 atom stereocenters. The summed E-state index contributed by atoms with van der Waals surface area (Å²) in [5.74, 6) is -0.394. The number of carbonyl (C=O) groups is 1. The van der Waals surface area contributed by atoms with E-state index in [9.17, 15) is 19.4 Å². The van der Waals surface area contributed by atoms with Crippen LogP contribution in [0.15, 0.2) is 72.9 Å². The number of aliphatic hydroxyl groups is 2. The molecule has 0 spiro atoms. The van der Waals surface area contributed by atoms with Gasteiger partial charge in [0.05, 0.1) is 26.4 Å². The Morgan fingerprint density at radius 1 is 0.484 bits per heavy atom. The molecule has 0 aromatic heterocycles. The Morgan fingerprint density at radius 2 is 0.844 bits per heavy atom. The van der Waals surface area contributed by atoms with Crippen LogP contribution < -0.4 is 0 Å². The summed E-state index contributed by atoms with van der Waals surface area (Å²) >= 11 is 0. The molecule has 64 heavy (non-hydrogen) atoms. The number of unbranched alkanes of at least 4 members (excludes halogenated alkanes) is 23. The molecule has 10 heteroatoms. The molecule has 372 valence electrons. The molecule has 0 bridgehead atoms. The van der Waals surface area contributed by atoms with Crippen LogP contribution in [0.4, 0.5) is 0 Å². The van der Waals surface area contributed by atoms with Crippen LogP contribution >= 0.6 is 7.82 Å². The number of esters is 1. The fourth-order valence-electron chi connectivity index (χ4n) is 6.90. The van der Waals surface area contributed by atoms with E-state index >= 15 is 0 Å². The molecule has 3 N–H and O–H groups in total. The van der Waals surface area contributed by atoms with E-state index in [0.29, 0.717) is 13.0 Å². The highest BCUT2D eigenvalue weighted by Crippen LogP contribution is 2.43. The molecule has 9 nitrogen and oxygen atoms in total. The Balaban J connectivity index is 4.13. The molecule has 0 aromatic carbocycles. The molecule has 0 aromatic rings. The van der Waals surface area contributed by atoms with Crippen molar-refractivity contribution in [2.45, 2.75) is 232 Å². The Hall–Kier alpha value is -2.10. The van der Waals surface area contributed by atoms with Gasteiger partial charge in [-0.25, -0.2) is 4.57 Å². The topological polar surface area (TPSA) is 132 Å². The highest BCUT2D eigenvalue weighted by atomic mass is 31.2. The fraction of sp³-hybridized carbons (Fsp3) is 0.759. The Morgan fingerprint density at radius 3 is 1.30 bits per heavy atom. The molecular formula is C54H97O9P. The SMILES string of the molecule is CCCCC/C=C\C/C=C\C/C=C\CCCCCCCCCOCC(COP(=O)(O)OCC(O)CO)OC(=O)CCCCCCCCCC/C=C\C/C=C\C/C=C\CCCCCCC. The number of hydrogen-bond acceptors (Lipinski definition) is 8. The van der Waals surface area contributed by atoms with Crippen LogP contribution in [0.1, 0.15) is 219 Å². The Kier molecular flexibility index (Phi) is 48.7. The van der Waals surface area contributed by atoms with Crippen molar-refractivity contribution >= 4 is 13.8 Å². The average Bonchev–Trinajstić information content (AvgIpc) is 3.29. The molecule has 0 saturated heterocycles. The molecule has 0 amide bonds. The van der Waals surface area contributed by atoms with E-state index in [2.05, 4.69) is 86.8 Å². The largest absolute Gasteiger partial charge is 0.472 e. The monoisotopic (exact) mass is 921 g/mol. The first-order valence-electron chi connectivity index (χ1n) is 25.9. The standard InChI is InChI=1S/C54H97O9P/c1-3-5-7-9-11-13-15-17-19-21-23-25-26-27-28-30-32-34-36-38-40-42-44-46-54(57)63-53(51-62-64(58,59)61-49-52(56)48-55)50-60-47-45-43-41-39-37-35-33-31-29-24-22-20-18-16-14-12-10-8-6-4-2/h12,14-15,17-18,20-21,23-24,26-27,29,52-53,55-56H,3-11,13,16,19,22,25,28,30-51H2,1-2H3,(H,58,59)/b14-12-,17-15-,20-18-,23-21-,27-26-,29-24-. The molecule has 3 unspecified atom stereocenters. The van der Waals surface area contributed by atoms with Crippen molar-refractivity contribution in [1.82, 2.24) is 0 Å². The van der Waals surface area contributed by atoms with Gasteiger partial charge in [-0.05, 0) is 89.9 Å². The Labute approximate surface area is 392 Å². The minimum Gasteiger partial charge on any atom is -0.457 e. The first-order chi connectivity index (χ1) is 31.3. The second kappa shape index (κ2) is 50.3. The highest BCUT2D eigenvalue weighted by Gasteiger charge is 2.26. The lowest BCUT2D eigenvalue weighted by molar-refractivity contribution is -0.154. The molecule has 0 radical (unpaired) electrons. The molecular weight excluding hydrogens is 824 g/mol. The number of phosphoric ester groups is 1. The predicted octanol–water partition coefficient (Wildman–Crippen LogP) is 15.3. The maximum Gasteiger partial charge on any atom is 0.472 e. The van der Waals surface area contributed by atoms with Crippen LogP contribution in [0.25, 0.3) is 0 Å². The molecule has 0 rings (SSSR count). The van der Waals surface area contributed by atoms with Crippen molar-refractivity contribution in [3.63, 3.8) is 0 Å². The van der Waals surface area contributed by atoms with E-state index in [0.717, 1.165) is 77.0 Å². The van der Waals surface area contributed by atoms with Crippen LogP contribution in [-0.4, -0.2) is 66.3 Å². The minimum atomic E-state index is -4.53. The van der Waals surface area contributed by atoms with Gasteiger partial charge in [0.1, 0.15) is 12.2 Å². The van der Waals surface area contributed by atoms with Crippen LogP contribution in [0.3, 0.4) is 0 Å². The number of phosphoric acid groups is 1. The first kappa shape index (κ1) is 61.9. The lowest BCUT2D eigenvalue weighted by Gasteiger charge is -2.20. The van der Waals surface area contributed by atoms with Gasteiger partial charge in [-0.2, -0.15) is 0 Å². The first-order valence-corrected chi connectivity index (χ1v) is 27.4. The van der Waals surface area contributed by atoms with Crippen molar-refractivity contribution in [2.75, 3.05) is 33.0 Å². The Bertz CT molecular complexity index is 1230. The summed E-state index contributed by atoms with van der Waals surface area (Å²) in [6, 6.07) is 0. The van der Waals surface area contributed by atoms with Gasteiger partial charge in [-0.15, -0.1) is 0 Å². The van der Waals surface area contributed by atoms with Gasteiger partial charge in [-0.3, -0.25) is 13.8 Å². The summed E-state index contributed by atoms with van der Waals surface area (Å²) in [5.41, 5.74) is 0. The van der Waals surface area contributed by atoms with E-state index in [1.54, 1.807) is 0 Å². The quantitative estimate of drug-likeness (QED) is 0.0236. The van der Waals surface area contributed by atoms with Gasteiger partial charge in [-0.1, -0.05) is 196 Å². The van der Waals surface area contributed by atoms with Gasteiger partial charge in [0, 0.05) is 13.0 Å². The summed E-state index contributed by atoms with van der Waals surface area (Å²) in [7, 11) is -4.53. The number of carbonyl (C=O) groups excluding carboxylic acids is 1. The van der Waals surface area contributed by atoms with Crippen LogP contribution in [0.5, 0.6) is 0 Å². The number of hydrogen-bond donors (Lipinski definition) is 3. The van der Waals surface area contributed by atoms with E-state index in [1.807, 2.05) is 0 Å². The summed E-state index contributed by atoms with van der Waals surface area (Å²) < 4.78 is 33.5. The smallest absolute Gasteiger partial charge is 0.457 e. The van der Waals surface area contributed by atoms with Crippen LogP contribution in [0, 0.1) is 0 Å². The summed E-state index contributed by atoms with van der Waals surface area (Å²) in [4.78, 5) is 22.7. The number of allylic oxidation sites excluding steroid dienone is 12. The van der Waals surface area contributed by atoms with E-state index < -0.39 is 39.2 Å². The van der Waals surface area contributed by atoms with Crippen molar-refractivity contribution in [1.29, 1.82) is 0 Å². The zero-order chi connectivity index (χ0) is 46.7. The number of aliphatic hydroxyl groups excluding tert-OH is 2. The van der Waals surface area contributed by atoms with Gasteiger partial charge < -0.3 is 24.6 Å². The van der Waals surface area contributed by atoms with Crippen LogP contribution in [0.2, 0.25) is 0 Å². The molecule has 0 aliphatic carbocycles. The highest BCUT2D eigenvalue weighted by molar-refractivity contribution is 7.47. The average molecular weight is 921 g/mol. The van der Waals surface area contributed by atoms with Crippen molar-refractivity contribution in [3.8, 4) is 0 Å².